The molecular weight excluding hydrogens is 252 g/mol. The van der Waals surface area contributed by atoms with Crippen molar-refractivity contribution in [2.45, 2.75) is 45.7 Å². The van der Waals surface area contributed by atoms with Crippen molar-refractivity contribution in [1.82, 2.24) is 20.2 Å². The van der Waals surface area contributed by atoms with Gasteiger partial charge < -0.3 is 10.2 Å². The SMILES string of the molecule is CC1CCCC(C)C1NC(=O)N(C)Cc1cnccn1. The van der Waals surface area contributed by atoms with E-state index in [0.717, 1.165) is 5.69 Å². The van der Waals surface area contributed by atoms with E-state index in [1.807, 2.05) is 0 Å². The van der Waals surface area contributed by atoms with Gasteiger partial charge in [-0.15, -0.1) is 0 Å². The van der Waals surface area contributed by atoms with Crippen LogP contribution in [0.3, 0.4) is 0 Å². The molecule has 0 aromatic carbocycles. The second kappa shape index (κ2) is 6.68. The van der Waals surface area contributed by atoms with Gasteiger partial charge in [-0.05, 0) is 24.7 Å². The molecule has 5 heteroatoms. The molecule has 1 aromatic rings. The zero-order valence-electron chi connectivity index (χ0n) is 12.5. The van der Waals surface area contributed by atoms with Gasteiger partial charge in [0.15, 0.2) is 0 Å². The number of nitrogens with zero attached hydrogens (tertiary/aromatic N) is 3. The highest BCUT2D eigenvalue weighted by atomic mass is 16.2. The van der Waals surface area contributed by atoms with Gasteiger partial charge in [-0.1, -0.05) is 20.3 Å². The second-order valence-corrected chi connectivity index (χ2v) is 5.91. The Hall–Kier alpha value is -1.65. The average molecular weight is 276 g/mol. The minimum absolute atomic E-state index is 0.0266. The predicted molar refractivity (Wildman–Crippen MR) is 78.0 cm³/mol. The van der Waals surface area contributed by atoms with Gasteiger partial charge in [0.25, 0.3) is 0 Å². The highest BCUT2D eigenvalue weighted by Crippen LogP contribution is 2.28. The van der Waals surface area contributed by atoms with Crippen molar-refractivity contribution < 1.29 is 4.79 Å². The highest BCUT2D eigenvalue weighted by Gasteiger charge is 2.29. The van der Waals surface area contributed by atoms with Crippen molar-refractivity contribution in [1.29, 1.82) is 0 Å². The van der Waals surface area contributed by atoms with E-state index < -0.39 is 0 Å². The van der Waals surface area contributed by atoms with E-state index in [-0.39, 0.29) is 12.1 Å². The van der Waals surface area contributed by atoms with Crippen LogP contribution in [0.1, 0.15) is 38.8 Å². The van der Waals surface area contributed by atoms with Crippen LogP contribution in [0, 0.1) is 11.8 Å². The quantitative estimate of drug-likeness (QED) is 0.922. The third kappa shape index (κ3) is 3.68. The number of urea groups is 1. The number of nitrogens with one attached hydrogen (secondary N) is 1. The first-order valence-electron chi connectivity index (χ1n) is 7.34. The van der Waals surface area contributed by atoms with E-state index >= 15 is 0 Å². The molecule has 1 saturated carbocycles. The maximum Gasteiger partial charge on any atom is 0.317 e. The van der Waals surface area contributed by atoms with E-state index in [1.165, 1.54) is 19.3 Å². The Morgan fingerprint density at radius 2 is 2.05 bits per heavy atom. The highest BCUT2D eigenvalue weighted by molar-refractivity contribution is 5.74. The summed E-state index contributed by atoms with van der Waals surface area (Å²) < 4.78 is 0. The van der Waals surface area contributed by atoms with Crippen LogP contribution in [0.4, 0.5) is 4.79 Å². The fourth-order valence-electron chi connectivity index (χ4n) is 2.95. The Bertz CT molecular complexity index is 427. The molecule has 20 heavy (non-hydrogen) atoms. The van der Waals surface area contributed by atoms with E-state index in [1.54, 1.807) is 30.5 Å². The van der Waals surface area contributed by atoms with Gasteiger partial charge in [0, 0.05) is 25.5 Å². The van der Waals surface area contributed by atoms with Gasteiger partial charge in [0.05, 0.1) is 18.4 Å². The molecule has 2 rings (SSSR count). The van der Waals surface area contributed by atoms with Crippen LogP contribution in [0.15, 0.2) is 18.6 Å². The summed E-state index contributed by atoms with van der Waals surface area (Å²) in [7, 11) is 1.79. The summed E-state index contributed by atoms with van der Waals surface area (Å²) in [5.74, 6) is 1.10. The Labute approximate surface area is 120 Å². The van der Waals surface area contributed by atoms with Crippen LogP contribution < -0.4 is 5.32 Å². The molecule has 1 aliphatic rings. The maximum absolute atomic E-state index is 12.3. The lowest BCUT2D eigenvalue weighted by Crippen LogP contribution is -2.49. The number of aromatic nitrogens is 2. The third-order valence-electron chi connectivity index (χ3n) is 4.20. The van der Waals surface area contributed by atoms with Crippen LogP contribution in [0.25, 0.3) is 0 Å². The zero-order valence-corrected chi connectivity index (χ0v) is 12.5. The Balaban J connectivity index is 1.90. The summed E-state index contributed by atoms with van der Waals surface area (Å²) >= 11 is 0. The number of hydrogen-bond donors (Lipinski definition) is 1. The molecule has 1 heterocycles. The molecule has 1 aliphatic carbocycles. The van der Waals surface area contributed by atoms with E-state index in [9.17, 15) is 4.79 Å². The van der Waals surface area contributed by atoms with Gasteiger partial charge in [-0.2, -0.15) is 0 Å². The number of rotatable bonds is 3. The average Bonchev–Trinajstić information content (AvgIpc) is 2.44. The maximum atomic E-state index is 12.3. The fraction of sp³-hybridized carbons (Fsp3) is 0.667. The Morgan fingerprint density at radius 1 is 1.35 bits per heavy atom. The third-order valence-corrected chi connectivity index (χ3v) is 4.20. The molecule has 5 nitrogen and oxygen atoms in total. The minimum atomic E-state index is -0.0266. The van der Waals surface area contributed by atoms with Crippen molar-refractivity contribution in [3.05, 3.63) is 24.3 Å². The van der Waals surface area contributed by atoms with Crippen molar-refractivity contribution >= 4 is 6.03 Å². The van der Waals surface area contributed by atoms with Crippen LogP contribution in [0.5, 0.6) is 0 Å². The summed E-state index contributed by atoms with van der Waals surface area (Å²) in [6, 6.07) is 0.252. The van der Waals surface area contributed by atoms with Crippen molar-refractivity contribution in [3.8, 4) is 0 Å². The van der Waals surface area contributed by atoms with Crippen molar-refractivity contribution in [2.24, 2.45) is 11.8 Å². The van der Waals surface area contributed by atoms with Crippen LogP contribution in [-0.2, 0) is 6.54 Å². The lowest BCUT2D eigenvalue weighted by molar-refractivity contribution is 0.171. The summed E-state index contributed by atoms with van der Waals surface area (Å²) in [5.41, 5.74) is 0.801. The molecule has 0 spiro atoms. The molecule has 2 atom stereocenters. The van der Waals surface area contributed by atoms with Gasteiger partial charge in [-0.25, -0.2) is 4.79 Å². The predicted octanol–water partition coefficient (Wildman–Crippen LogP) is 2.44. The van der Waals surface area contributed by atoms with Gasteiger partial charge >= 0.3 is 6.03 Å². The molecular formula is C15H24N4O. The first-order valence-corrected chi connectivity index (χ1v) is 7.34. The molecule has 0 radical (unpaired) electrons. The summed E-state index contributed by atoms with van der Waals surface area (Å²) in [6.07, 6.45) is 8.63. The van der Waals surface area contributed by atoms with Gasteiger partial charge in [0.1, 0.15) is 0 Å². The monoisotopic (exact) mass is 276 g/mol. The number of hydrogen-bond acceptors (Lipinski definition) is 3. The zero-order chi connectivity index (χ0) is 14.5. The molecule has 2 amide bonds. The van der Waals surface area contributed by atoms with Crippen LogP contribution in [0.2, 0.25) is 0 Å². The minimum Gasteiger partial charge on any atom is -0.335 e. The van der Waals surface area contributed by atoms with Crippen molar-refractivity contribution in [2.75, 3.05) is 7.05 Å². The molecule has 0 aliphatic heterocycles. The Morgan fingerprint density at radius 3 is 2.65 bits per heavy atom. The molecule has 110 valence electrons. The van der Waals surface area contributed by atoms with Crippen LogP contribution in [-0.4, -0.2) is 34.0 Å². The summed E-state index contributed by atoms with van der Waals surface area (Å²) in [4.78, 5) is 22.1. The van der Waals surface area contributed by atoms with Gasteiger partial charge in [-0.3, -0.25) is 9.97 Å². The van der Waals surface area contributed by atoms with E-state index in [2.05, 4.69) is 29.1 Å². The smallest absolute Gasteiger partial charge is 0.317 e. The van der Waals surface area contributed by atoms with Crippen molar-refractivity contribution in [3.63, 3.8) is 0 Å². The van der Waals surface area contributed by atoms with Crippen LogP contribution >= 0.6 is 0 Å². The fourth-order valence-corrected chi connectivity index (χ4v) is 2.95. The number of carbonyl (C=O) groups excluding carboxylic acids is 1. The molecule has 1 aromatic heterocycles. The molecule has 0 saturated heterocycles. The second-order valence-electron chi connectivity index (χ2n) is 5.91. The molecule has 0 bridgehead atoms. The lowest BCUT2D eigenvalue weighted by atomic mass is 9.79. The summed E-state index contributed by atoms with van der Waals surface area (Å²) in [5, 5.41) is 3.18. The standard InChI is InChI=1S/C15H24N4O/c1-11-5-4-6-12(2)14(11)18-15(20)19(3)10-13-9-16-7-8-17-13/h7-9,11-12,14H,4-6,10H2,1-3H3,(H,18,20). The topological polar surface area (TPSA) is 58.1 Å². The number of carbonyl (C=O) groups is 1. The summed E-state index contributed by atoms with van der Waals surface area (Å²) in [6.45, 7) is 4.93. The Kier molecular flexibility index (Phi) is 4.93. The number of amides is 2. The molecule has 2 unspecified atom stereocenters. The first kappa shape index (κ1) is 14.8. The molecule has 1 fully saturated rings. The lowest BCUT2D eigenvalue weighted by Gasteiger charge is -2.36. The van der Waals surface area contributed by atoms with E-state index in [4.69, 9.17) is 0 Å². The van der Waals surface area contributed by atoms with Gasteiger partial charge in [0.2, 0.25) is 0 Å². The normalized spacial score (nSPS) is 26.1. The van der Waals surface area contributed by atoms with E-state index in [0.29, 0.717) is 18.4 Å². The first-order chi connectivity index (χ1) is 9.58. The largest absolute Gasteiger partial charge is 0.335 e. The molecule has 1 N–H and O–H groups in total.